The molecule has 0 radical (unpaired) electrons. The zero-order chi connectivity index (χ0) is 14.8. The van der Waals surface area contributed by atoms with Gasteiger partial charge in [-0.1, -0.05) is 6.07 Å². The second kappa shape index (κ2) is 5.45. The number of alkyl carbamates (subject to hydrolysis) is 1. The number of amides is 1. The average molecular weight is 277 g/mol. The van der Waals surface area contributed by atoms with Crippen LogP contribution >= 0.6 is 0 Å². The van der Waals surface area contributed by atoms with Gasteiger partial charge in [-0.3, -0.25) is 0 Å². The maximum atomic E-state index is 11.3. The van der Waals surface area contributed by atoms with Crippen molar-refractivity contribution in [2.45, 2.75) is 26.4 Å². The summed E-state index contributed by atoms with van der Waals surface area (Å²) in [6.07, 6.45) is 1.25. The molecule has 1 aliphatic heterocycles. The topological polar surface area (TPSA) is 56.8 Å². The first-order valence-electron chi connectivity index (χ1n) is 6.40. The number of rotatable bonds is 4. The molecule has 2 rings (SSSR count). The number of allylic oxidation sites excluding steroid dienone is 1. The number of cyclic esters (lactones) is 1. The lowest BCUT2D eigenvalue weighted by atomic mass is 9.96. The molecule has 108 valence electrons. The highest BCUT2D eigenvalue weighted by Crippen LogP contribution is 2.35. The Hall–Kier alpha value is -2.17. The second-order valence-electron chi connectivity index (χ2n) is 5.15. The highest BCUT2D eigenvalue weighted by Gasteiger charge is 2.37. The zero-order valence-electron chi connectivity index (χ0n) is 12.1. The van der Waals surface area contributed by atoms with Crippen LogP contribution in [0.3, 0.4) is 0 Å². The number of carbonyl (C=O) groups excluding carboxylic acids is 1. The van der Waals surface area contributed by atoms with Crippen molar-refractivity contribution < 1.29 is 19.0 Å². The van der Waals surface area contributed by atoms with E-state index in [0.29, 0.717) is 18.0 Å². The molecule has 1 amide bonds. The van der Waals surface area contributed by atoms with Gasteiger partial charge in [-0.05, 0) is 38.5 Å². The van der Waals surface area contributed by atoms with Gasteiger partial charge < -0.3 is 19.5 Å². The van der Waals surface area contributed by atoms with Crippen molar-refractivity contribution in [3.05, 3.63) is 35.6 Å². The Morgan fingerprint density at radius 3 is 2.70 bits per heavy atom. The van der Waals surface area contributed by atoms with Gasteiger partial charge in [0.05, 0.1) is 19.9 Å². The fourth-order valence-electron chi connectivity index (χ4n) is 1.96. The van der Waals surface area contributed by atoms with E-state index in [0.717, 1.165) is 11.1 Å². The number of methoxy groups -OCH3 is 1. The molecule has 0 bridgehead atoms. The molecule has 5 nitrogen and oxygen atoms in total. The molecule has 0 spiro atoms. The fourth-order valence-corrected chi connectivity index (χ4v) is 1.96. The quantitative estimate of drug-likeness (QED) is 0.860. The van der Waals surface area contributed by atoms with Gasteiger partial charge in [-0.2, -0.15) is 0 Å². The normalized spacial score (nSPS) is 20.9. The largest absolute Gasteiger partial charge is 0.493 e. The SMILES string of the molecule is COc1ccc(C2(C)CNC(=O)O2)cc1OC=C(C)C. The van der Waals surface area contributed by atoms with Crippen LogP contribution in [0, 0.1) is 0 Å². The highest BCUT2D eigenvalue weighted by atomic mass is 16.6. The molecule has 1 N–H and O–H groups in total. The number of hydrogen-bond donors (Lipinski definition) is 1. The van der Waals surface area contributed by atoms with Crippen molar-refractivity contribution in [1.82, 2.24) is 5.32 Å². The van der Waals surface area contributed by atoms with Crippen molar-refractivity contribution in [1.29, 1.82) is 0 Å². The molecule has 1 atom stereocenters. The summed E-state index contributed by atoms with van der Waals surface area (Å²) in [6.45, 7) is 6.18. The minimum absolute atomic E-state index is 0.407. The van der Waals surface area contributed by atoms with E-state index in [1.54, 1.807) is 19.4 Å². The molecule has 0 aliphatic carbocycles. The Kier molecular flexibility index (Phi) is 3.88. The highest BCUT2D eigenvalue weighted by molar-refractivity contribution is 5.70. The third-order valence-corrected chi connectivity index (χ3v) is 3.08. The standard InChI is InChI=1S/C15H19NO4/c1-10(2)8-19-13-7-11(5-6-12(13)18-4)15(3)9-16-14(17)20-15/h5-8H,9H2,1-4H3,(H,16,17). The summed E-state index contributed by atoms with van der Waals surface area (Å²) in [5, 5.41) is 2.66. The lowest BCUT2D eigenvalue weighted by Crippen LogP contribution is -2.26. The first-order valence-corrected chi connectivity index (χ1v) is 6.40. The van der Waals surface area contributed by atoms with Crippen LogP contribution < -0.4 is 14.8 Å². The molecule has 0 saturated carbocycles. The van der Waals surface area contributed by atoms with E-state index in [9.17, 15) is 4.79 Å². The van der Waals surface area contributed by atoms with E-state index in [-0.39, 0.29) is 0 Å². The first kappa shape index (κ1) is 14.2. The maximum absolute atomic E-state index is 11.3. The van der Waals surface area contributed by atoms with Crippen LogP contribution in [0.5, 0.6) is 11.5 Å². The molecule has 20 heavy (non-hydrogen) atoms. The number of ether oxygens (including phenoxy) is 3. The fraction of sp³-hybridized carbons (Fsp3) is 0.400. The van der Waals surface area contributed by atoms with Crippen molar-refractivity contribution >= 4 is 6.09 Å². The minimum atomic E-state index is -0.688. The molecular weight excluding hydrogens is 258 g/mol. The molecule has 1 aromatic rings. The molecule has 1 unspecified atom stereocenters. The van der Waals surface area contributed by atoms with Gasteiger partial charge in [-0.25, -0.2) is 4.79 Å². The van der Waals surface area contributed by atoms with Gasteiger partial charge in [0.15, 0.2) is 17.1 Å². The Labute approximate surface area is 118 Å². The van der Waals surface area contributed by atoms with Crippen LogP contribution in [0.15, 0.2) is 30.0 Å². The monoisotopic (exact) mass is 277 g/mol. The Morgan fingerprint density at radius 2 is 2.15 bits per heavy atom. The summed E-state index contributed by atoms with van der Waals surface area (Å²) in [4.78, 5) is 11.3. The molecule has 0 aromatic heterocycles. The van der Waals surface area contributed by atoms with Crippen LogP contribution in [-0.2, 0) is 10.3 Å². The summed E-state index contributed by atoms with van der Waals surface area (Å²) < 4.78 is 16.2. The van der Waals surface area contributed by atoms with E-state index in [1.165, 1.54) is 0 Å². The maximum Gasteiger partial charge on any atom is 0.408 e. The third-order valence-electron chi connectivity index (χ3n) is 3.08. The van der Waals surface area contributed by atoms with Gasteiger partial charge in [-0.15, -0.1) is 0 Å². The minimum Gasteiger partial charge on any atom is -0.493 e. The van der Waals surface area contributed by atoms with Gasteiger partial charge in [0, 0.05) is 5.56 Å². The molecule has 1 saturated heterocycles. The van der Waals surface area contributed by atoms with E-state index in [4.69, 9.17) is 14.2 Å². The van der Waals surface area contributed by atoms with Gasteiger partial charge in [0.25, 0.3) is 0 Å². The summed E-state index contributed by atoms with van der Waals surface area (Å²) >= 11 is 0. The summed E-state index contributed by atoms with van der Waals surface area (Å²) in [7, 11) is 1.59. The van der Waals surface area contributed by atoms with Crippen LogP contribution in [0.25, 0.3) is 0 Å². The van der Waals surface area contributed by atoms with E-state index in [2.05, 4.69) is 5.32 Å². The van der Waals surface area contributed by atoms with Crippen molar-refractivity contribution in [3.63, 3.8) is 0 Å². The van der Waals surface area contributed by atoms with Crippen LogP contribution in [0.4, 0.5) is 4.79 Å². The summed E-state index contributed by atoms with van der Waals surface area (Å²) in [5.41, 5.74) is 1.21. The zero-order valence-corrected chi connectivity index (χ0v) is 12.1. The van der Waals surface area contributed by atoms with Gasteiger partial charge in [0.1, 0.15) is 0 Å². The van der Waals surface area contributed by atoms with Crippen LogP contribution in [-0.4, -0.2) is 19.7 Å². The number of hydrogen-bond acceptors (Lipinski definition) is 4. The number of carbonyl (C=O) groups is 1. The number of nitrogens with one attached hydrogen (secondary N) is 1. The van der Waals surface area contributed by atoms with Crippen LogP contribution in [0.2, 0.25) is 0 Å². The Morgan fingerprint density at radius 1 is 1.40 bits per heavy atom. The second-order valence-corrected chi connectivity index (χ2v) is 5.15. The lowest BCUT2D eigenvalue weighted by molar-refractivity contribution is 0.0702. The summed E-state index contributed by atoms with van der Waals surface area (Å²) in [5.74, 6) is 1.22. The summed E-state index contributed by atoms with van der Waals surface area (Å²) in [6, 6.07) is 5.51. The molecule has 1 aliphatic rings. The Balaban J connectivity index is 2.34. The van der Waals surface area contributed by atoms with Crippen LogP contribution in [0.1, 0.15) is 26.3 Å². The smallest absolute Gasteiger partial charge is 0.408 e. The first-order chi connectivity index (χ1) is 9.44. The van der Waals surface area contributed by atoms with Crippen molar-refractivity contribution in [3.8, 4) is 11.5 Å². The van der Waals surface area contributed by atoms with Gasteiger partial charge in [0.2, 0.25) is 0 Å². The lowest BCUT2D eigenvalue weighted by Gasteiger charge is -2.22. The molecule has 1 fully saturated rings. The molecule has 1 aromatic carbocycles. The molecule has 5 heteroatoms. The molecule has 1 heterocycles. The average Bonchev–Trinajstić information content (AvgIpc) is 2.77. The third kappa shape index (κ3) is 2.87. The predicted molar refractivity (Wildman–Crippen MR) is 74.9 cm³/mol. The number of benzene rings is 1. The van der Waals surface area contributed by atoms with Crippen molar-refractivity contribution in [2.24, 2.45) is 0 Å². The van der Waals surface area contributed by atoms with Crippen molar-refractivity contribution in [2.75, 3.05) is 13.7 Å². The van der Waals surface area contributed by atoms with E-state index in [1.807, 2.05) is 32.9 Å². The van der Waals surface area contributed by atoms with Gasteiger partial charge >= 0.3 is 6.09 Å². The van der Waals surface area contributed by atoms with E-state index >= 15 is 0 Å². The Bertz CT molecular complexity index is 549. The predicted octanol–water partition coefficient (Wildman–Crippen LogP) is 2.95. The van der Waals surface area contributed by atoms with E-state index < -0.39 is 11.7 Å². The molecular formula is C15H19NO4.